The Bertz CT molecular complexity index is 1340. The summed E-state index contributed by atoms with van der Waals surface area (Å²) in [5, 5.41) is 7.46. The highest BCUT2D eigenvalue weighted by molar-refractivity contribution is 5.92. The number of carbonyl (C=O) groups is 1. The number of aromatic nitrogens is 5. The first-order valence-corrected chi connectivity index (χ1v) is 10.8. The van der Waals surface area contributed by atoms with Crippen molar-refractivity contribution in [1.82, 2.24) is 28.9 Å². The number of aryl methyl sites for hydroxylation is 2. The summed E-state index contributed by atoms with van der Waals surface area (Å²) in [7, 11) is 4.07. The van der Waals surface area contributed by atoms with Crippen molar-refractivity contribution in [3.05, 3.63) is 47.8 Å². The Labute approximate surface area is 185 Å². The molecule has 1 aliphatic rings. The van der Waals surface area contributed by atoms with Crippen LogP contribution < -0.4 is 5.32 Å². The van der Waals surface area contributed by atoms with Crippen LogP contribution in [0.5, 0.6) is 0 Å². The van der Waals surface area contributed by atoms with Crippen LogP contribution in [0.25, 0.3) is 22.6 Å². The molecule has 4 aromatic rings. The molecule has 0 aromatic carbocycles. The molecule has 166 valence electrons. The number of nitrogens with one attached hydrogen (secondary N) is 1. The Morgan fingerprint density at radius 1 is 1.12 bits per heavy atom. The normalized spacial score (nSPS) is 18.8. The van der Waals surface area contributed by atoms with Gasteiger partial charge in [-0.15, -0.1) is 0 Å². The minimum Gasteiger partial charge on any atom is -0.309 e. The third kappa shape index (κ3) is 3.62. The molecular weight excluding hydrogens is 409 g/mol. The fourth-order valence-electron chi connectivity index (χ4n) is 4.54. The zero-order valence-electron chi connectivity index (χ0n) is 18.6. The van der Waals surface area contributed by atoms with Crippen LogP contribution in [0.4, 0.5) is 10.2 Å². The Morgan fingerprint density at radius 2 is 1.94 bits per heavy atom. The Balaban J connectivity index is 1.43. The van der Waals surface area contributed by atoms with Gasteiger partial charge in [-0.25, -0.2) is 18.9 Å². The Kier molecular flexibility index (Phi) is 4.93. The summed E-state index contributed by atoms with van der Waals surface area (Å²) in [6.45, 7) is 3.86. The second-order valence-electron chi connectivity index (χ2n) is 8.91. The number of fused-ring (bicyclic) bond motifs is 2. The number of pyridine rings is 1. The highest BCUT2D eigenvalue weighted by Gasteiger charge is 2.31. The van der Waals surface area contributed by atoms with Gasteiger partial charge >= 0.3 is 0 Å². The number of imidazole rings is 2. The van der Waals surface area contributed by atoms with E-state index in [-0.39, 0.29) is 17.5 Å². The second-order valence-corrected chi connectivity index (χ2v) is 8.91. The van der Waals surface area contributed by atoms with E-state index in [4.69, 9.17) is 0 Å². The number of amides is 1. The highest BCUT2D eigenvalue weighted by atomic mass is 19.1. The molecular formula is C23H26FN7O. The molecule has 9 heteroatoms. The monoisotopic (exact) mass is 435 g/mol. The summed E-state index contributed by atoms with van der Waals surface area (Å²) in [6.07, 6.45) is 7.94. The van der Waals surface area contributed by atoms with E-state index >= 15 is 0 Å². The fourth-order valence-corrected chi connectivity index (χ4v) is 4.54. The SMILES string of the molecule is Cc1cn2nc(-c3cc(F)c4nc(NC(=O)C5CCC(N(C)C)C5)cn4c3)cc(C)c2n1. The molecule has 4 heterocycles. The topological polar surface area (TPSA) is 79.8 Å². The zero-order chi connectivity index (χ0) is 22.6. The maximum Gasteiger partial charge on any atom is 0.228 e. The summed E-state index contributed by atoms with van der Waals surface area (Å²) < 4.78 is 18.2. The van der Waals surface area contributed by atoms with Crippen LogP contribution in [-0.2, 0) is 4.79 Å². The molecule has 5 rings (SSSR count). The molecule has 2 atom stereocenters. The van der Waals surface area contributed by atoms with Crippen molar-refractivity contribution in [2.24, 2.45) is 5.92 Å². The highest BCUT2D eigenvalue weighted by Crippen LogP contribution is 2.29. The molecule has 0 aliphatic heterocycles. The first-order valence-electron chi connectivity index (χ1n) is 10.8. The minimum absolute atomic E-state index is 0.0508. The largest absolute Gasteiger partial charge is 0.309 e. The summed E-state index contributed by atoms with van der Waals surface area (Å²) >= 11 is 0. The summed E-state index contributed by atoms with van der Waals surface area (Å²) in [5.41, 5.74) is 4.02. The quantitative estimate of drug-likeness (QED) is 0.531. The standard InChI is InChI=1S/C23H26FN7O/c1-13-7-19(28-31-10-14(2)25-21(13)31)16-9-18(24)22-26-20(12-30(22)11-16)27-23(32)15-5-6-17(8-15)29(3)4/h7,9-12,15,17H,5-6,8H2,1-4H3,(H,27,32). The molecule has 1 amide bonds. The van der Waals surface area contributed by atoms with Crippen LogP contribution in [0, 0.1) is 25.6 Å². The van der Waals surface area contributed by atoms with Crippen molar-refractivity contribution < 1.29 is 9.18 Å². The predicted octanol–water partition coefficient (Wildman–Crippen LogP) is 3.47. The van der Waals surface area contributed by atoms with Crippen molar-refractivity contribution in [2.45, 2.75) is 39.2 Å². The third-order valence-corrected chi connectivity index (χ3v) is 6.29. The van der Waals surface area contributed by atoms with Gasteiger partial charge in [0, 0.05) is 23.7 Å². The lowest BCUT2D eigenvalue weighted by molar-refractivity contribution is -0.119. The van der Waals surface area contributed by atoms with Crippen LogP contribution in [0.3, 0.4) is 0 Å². The number of anilines is 1. The van der Waals surface area contributed by atoms with Crippen LogP contribution in [0.2, 0.25) is 0 Å². The van der Waals surface area contributed by atoms with Gasteiger partial charge in [0.05, 0.1) is 23.8 Å². The maximum atomic E-state index is 14.9. The fraction of sp³-hybridized carbons (Fsp3) is 0.391. The number of rotatable bonds is 4. The molecule has 1 saturated carbocycles. The van der Waals surface area contributed by atoms with E-state index < -0.39 is 5.82 Å². The van der Waals surface area contributed by atoms with E-state index in [0.717, 1.165) is 36.2 Å². The molecule has 2 unspecified atom stereocenters. The van der Waals surface area contributed by atoms with Gasteiger partial charge in [0.25, 0.3) is 0 Å². The minimum atomic E-state index is -0.474. The molecule has 1 N–H and O–H groups in total. The average molecular weight is 436 g/mol. The molecule has 4 aromatic heterocycles. The number of nitrogens with zero attached hydrogens (tertiary/aromatic N) is 6. The first kappa shape index (κ1) is 20.6. The summed E-state index contributed by atoms with van der Waals surface area (Å²) in [4.78, 5) is 23.6. The van der Waals surface area contributed by atoms with Crippen molar-refractivity contribution >= 4 is 23.0 Å². The molecule has 0 spiro atoms. The number of hydrogen-bond acceptors (Lipinski definition) is 5. The van der Waals surface area contributed by atoms with Gasteiger partial charge in [-0.05, 0) is 64.9 Å². The average Bonchev–Trinajstić information content (AvgIpc) is 3.45. The Hall–Kier alpha value is -3.33. The molecule has 8 nitrogen and oxygen atoms in total. The van der Waals surface area contributed by atoms with Crippen molar-refractivity contribution in [2.75, 3.05) is 19.4 Å². The number of hydrogen-bond donors (Lipinski definition) is 1. The van der Waals surface area contributed by atoms with E-state index in [2.05, 4.69) is 25.3 Å². The van der Waals surface area contributed by atoms with E-state index in [1.807, 2.05) is 40.2 Å². The molecule has 0 saturated heterocycles. The lowest BCUT2D eigenvalue weighted by Gasteiger charge is -2.18. The molecule has 1 aliphatic carbocycles. The van der Waals surface area contributed by atoms with E-state index in [0.29, 0.717) is 23.1 Å². The second kappa shape index (κ2) is 7.67. The van der Waals surface area contributed by atoms with Crippen molar-refractivity contribution in [3.63, 3.8) is 0 Å². The lowest BCUT2D eigenvalue weighted by atomic mass is 10.1. The number of halogens is 1. The van der Waals surface area contributed by atoms with Crippen molar-refractivity contribution in [3.8, 4) is 11.3 Å². The summed E-state index contributed by atoms with van der Waals surface area (Å²) in [5.74, 6) is -0.233. The van der Waals surface area contributed by atoms with Crippen LogP contribution in [-0.4, -0.2) is 54.9 Å². The van der Waals surface area contributed by atoms with Crippen LogP contribution in [0.15, 0.2) is 30.7 Å². The van der Waals surface area contributed by atoms with Crippen LogP contribution in [0.1, 0.15) is 30.5 Å². The molecule has 32 heavy (non-hydrogen) atoms. The van der Waals surface area contributed by atoms with Gasteiger partial charge in [0.2, 0.25) is 5.91 Å². The summed E-state index contributed by atoms with van der Waals surface area (Å²) in [6, 6.07) is 3.73. The van der Waals surface area contributed by atoms with Gasteiger partial charge in [-0.2, -0.15) is 5.10 Å². The van der Waals surface area contributed by atoms with E-state index in [1.165, 1.54) is 6.07 Å². The first-order chi connectivity index (χ1) is 15.3. The number of carbonyl (C=O) groups excluding carboxylic acids is 1. The van der Waals surface area contributed by atoms with Gasteiger partial charge in [0.15, 0.2) is 22.9 Å². The lowest BCUT2D eigenvalue weighted by Crippen LogP contribution is -2.27. The molecule has 0 bridgehead atoms. The van der Waals surface area contributed by atoms with Crippen molar-refractivity contribution in [1.29, 1.82) is 0 Å². The molecule has 0 radical (unpaired) electrons. The third-order valence-electron chi connectivity index (χ3n) is 6.29. The predicted molar refractivity (Wildman–Crippen MR) is 120 cm³/mol. The van der Waals surface area contributed by atoms with E-state index in [9.17, 15) is 9.18 Å². The molecule has 1 fully saturated rings. The van der Waals surface area contributed by atoms with Crippen LogP contribution >= 0.6 is 0 Å². The van der Waals surface area contributed by atoms with Gasteiger partial charge in [0.1, 0.15) is 0 Å². The smallest absolute Gasteiger partial charge is 0.228 e. The Morgan fingerprint density at radius 3 is 2.69 bits per heavy atom. The zero-order valence-corrected chi connectivity index (χ0v) is 18.6. The van der Waals surface area contributed by atoms with Gasteiger partial charge < -0.3 is 14.6 Å². The van der Waals surface area contributed by atoms with E-state index in [1.54, 1.807) is 21.3 Å². The van der Waals surface area contributed by atoms with Gasteiger partial charge in [-0.3, -0.25) is 4.79 Å². The van der Waals surface area contributed by atoms with Gasteiger partial charge in [-0.1, -0.05) is 0 Å². The maximum absolute atomic E-state index is 14.9.